The predicted octanol–water partition coefficient (Wildman–Crippen LogP) is 2.15. The lowest BCUT2D eigenvalue weighted by atomic mass is 9.99. The van der Waals surface area contributed by atoms with Gasteiger partial charge in [0.15, 0.2) is 5.82 Å². The van der Waals surface area contributed by atoms with Gasteiger partial charge in [0, 0.05) is 19.1 Å². The Morgan fingerprint density at radius 2 is 2.00 bits per heavy atom. The van der Waals surface area contributed by atoms with Crippen LogP contribution in [0.25, 0.3) is 0 Å². The van der Waals surface area contributed by atoms with Crippen LogP contribution in [0.5, 0.6) is 0 Å². The van der Waals surface area contributed by atoms with Crippen molar-refractivity contribution in [2.24, 2.45) is 5.92 Å². The minimum absolute atomic E-state index is 0.176. The average molecular weight is 247 g/mol. The molecule has 1 aromatic heterocycles. The lowest BCUT2D eigenvalue weighted by molar-refractivity contribution is 0.434. The van der Waals surface area contributed by atoms with Gasteiger partial charge in [-0.1, -0.05) is 6.92 Å². The van der Waals surface area contributed by atoms with Gasteiger partial charge in [0.2, 0.25) is 0 Å². The number of hydrogen-bond donors (Lipinski definition) is 1. The smallest absolute Gasteiger partial charge is 0.170 e. The van der Waals surface area contributed by atoms with Crippen molar-refractivity contribution in [1.29, 1.82) is 5.26 Å². The highest BCUT2D eigenvalue weighted by Gasteiger charge is 2.24. The van der Waals surface area contributed by atoms with Crippen LogP contribution in [0.1, 0.15) is 45.2 Å². The van der Waals surface area contributed by atoms with Crippen molar-refractivity contribution in [3.05, 3.63) is 5.56 Å². The van der Waals surface area contributed by atoms with E-state index >= 15 is 0 Å². The zero-order valence-electron chi connectivity index (χ0n) is 11.3. The Labute approximate surface area is 108 Å². The lowest BCUT2D eigenvalue weighted by Gasteiger charge is -2.30. The Balaban J connectivity index is 2.33. The van der Waals surface area contributed by atoms with Crippen LogP contribution in [-0.4, -0.2) is 22.9 Å². The van der Waals surface area contributed by atoms with Gasteiger partial charge in [0.1, 0.15) is 17.5 Å². The van der Waals surface area contributed by atoms with Gasteiger partial charge in [0.25, 0.3) is 0 Å². The summed E-state index contributed by atoms with van der Waals surface area (Å²) < 4.78 is 1.74. The van der Waals surface area contributed by atoms with Crippen LogP contribution >= 0.6 is 0 Å². The second kappa shape index (κ2) is 4.89. The summed E-state index contributed by atoms with van der Waals surface area (Å²) in [6, 6.07) is 2.37. The highest BCUT2D eigenvalue weighted by Crippen LogP contribution is 2.29. The van der Waals surface area contributed by atoms with Gasteiger partial charge in [-0.3, -0.25) is 0 Å². The van der Waals surface area contributed by atoms with E-state index in [1.165, 1.54) is 0 Å². The van der Waals surface area contributed by atoms with Gasteiger partial charge in [-0.2, -0.15) is 10.4 Å². The van der Waals surface area contributed by atoms with Crippen molar-refractivity contribution in [2.45, 2.75) is 39.7 Å². The molecule has 1 aliphatic heterocycles. The zero-order valence-corrected chi connectivity index (χ0v) is 11.3. The molecule has 0 atom stereocenters. The van der Waals surface area contributed by atoms with Gasteiger partial charge < -0.3 is 10.6 Å². The molecular formula is C13H21N5. The van der Waals surface area contributed by atoms with Crippen LogP contribution in [0.4, 0.5) is 11.6 Å². The summed E-state index contributed by atoms with van der Waals surface area (Å²) in [5, 5.41) is 13.8. The maximum atomic E-state index is 9.27. The van der Waals surface area contributed by atoms with E-state index in [0.717, 1.165) is 37.7 Å². The first-order valence-corrected chi connectivity index (χ1v) is 6.57. The normalized spacial score (nSPS) is 17.2. The number of nitrogen functional groups attached to an aromatic ring is 1. The van der Waals surface area contributed by atoms with E-state index in [-0.39, 0.29) is 6.04 Å². The molecule has 0 radical (unpaired) electrons. The fraction of sp³-hybridized carbons (Fsp3) is 0.692. The molecule has 0 spiro atoms. The van der Waals surface area contributed by atoms with E-state index in [9.17, 15) is 5.26 Å². The van der Waals surface area contributed by atoms with Crippen molar-refractivity contribution >= 4 is 11.6 Å². The summed E-state index contributed by atoms with van der Waals surface area (Å²) in [5.74, 6) is 2.01. The SMILES string of the molecule is CC1CCN(c2nn(C(C)C)c(N)c2C#N)CC1. The molecule has 0 aliphatic carbocycles. The molecule has 1 aliphatic rings. The third kappa shape index (κ3) is 2.15. The summed E-state index contributed by atoms with van der Waals surface area (Å²) in [6.45, 7) is 8.23. The van der Waals surface area contributed by atoms with Crippen molar-refractivity contribution < 1.29 is 0 Å². The van der Waals surface area contributed by atoms with Crippen LogP contribution in [0.15, 0.2) is 0 Å². The van der Waals surface area contributed by atoms with E-state index in [1.54, 1.807) is 4.68 Å². The number of hydrogen-bond acceptors (Lipinski definition) is 4. The number of piperidine rings is 1. The Morgan fingerprint density at radius 3 is 2.50 bits per heavy atom. The molecular weight excluding hydrogens is 226 g/mol. The molecule has 2 rings (SSSR count). The molecule has 5 heteroatoms. The highest BCUT2D eigenvalue weighted by molar-refractivity contribution is 5.65. The number of aromatic nitrogens is 2. The van der Waals surface area contributed by atoms with E-state index in [4.69, 9.17) is 5.73 Å². The number of nitrogens with zero attached hydrogens (tertiary/aromatic N) is 4. The average Bonchev–Trinajstić information content (AvgIpc) is 2.67. The van der Waals surface area contributed by atoms with E-state index in [2.05, 4.69) is 23.0 Å². The van der Waals surface area contributed by atoms with Gasteiger partial charge in [-0.25, -0.2) is 4.68 Å². The van der Waals surface area contributed by atoms with Crippen molar-refractivity contribution in [2.75, 3.05) is 23.7 Å². The fourth-order valence-electron chi connectivity index (χ4n) is 2.38. The summed E-state index contributed by atoms with van der Waals surface area (Å²) in [5.41, 5.74) is 6.53. The third-order valence-corrected chi connectivity index (χ3v) is 3.61. The van der Waals surface area contributed by atoms with Crippen LogP contribution < -0.4 is 10.6 Å². The fourth-order valence-corrected chi connectivity index (χ4v) is 2.38. The number of nitriles is 1. The zero-order chi connectivity index (χ0) is 13.3. The first-order valence-electron chi connectivity index (χ1n) is 6.57. The summed E-state index contributed by atoms with van der Waals surface area (Å²) in [4.78, 5) is 2.19. The molecule has 18 heavy (non-hydrogen) atoms. The lowest BCUT2D eigenvalue weighted by Crippen LogP contribution is -2.33. The standard InChI is InChI=1S/C13H21N5/c1-9(2)18-12(15)11(8-14)13(16-18)17-6-4-10(3)5-7-17/h9-10H,4-7,15H2,1-3H3. The molecule has 0 bridgehead atoms. The van der Waals surface area contributed by atoms with Crippen LogP contribution in [-0.2, 0) is 0 Å². The summed E-state index contributed by atoms with van der Waals surface area (Å²) in [6.07, 6.45) is 2.30. The van der Waals surface area contributed by atoms with Gasteiger partial charge in [-0.15, -0.1) is 0 Å². The summed E-state index contributed by atoms with van der Waals surface area (Å²) >= 11 is 0. The molecule has 2 N–H and O–H groups in total. The van der Waals surface area contributed by atoms with Gasteiger partial charge in [-0.05, 0) is 32.6 Å². The topological polar surface area (TPSA) is 70.9 Å². The summed E-state index contributed by atoms with van der Waals surface area (Å²) in [7, 11) is 0. The predicted molar refractivity (Wildman–Crippen MR) is 72.4 cm³/mol. The Kier molecular flexibility index (Phi) is 3.46. The Bertz CT molecular complexity index is 460. The van der Waals surface area contributed by atoms with E-state index in [0.29, 0.717) is 11.4 Å². The maximum absolute atomic E-state index is 9.27. The molecule has 1 aromatic rings. The highest BCUT2D eigenvalue weighted by atomic mass is 15.4. The number of rotatable bonds is 2. The third-order valence-electron chi connectivity index (χ3n) is 3.61. The van der Waals surface area contributed by atoms with E-state index in [1.807, 2.05) is 13.8 Å². The molecule has 0 amide bonds. The second-order valence-electron chi connectivity index (χ2n) is 5.40. The minimum Gasteiger partial charge on any atom is -0.383 e. The first-order chi connectivity index (χ1) is 8.54. The maximum Gasteiger partial charge on any atom is 0.170 e. The molecule has 0 unspecified atom stereocenters. The van der Waals surface area contributed by atoms with Crippen molar-refractivity contribution in [3.63, 3.8) is 0 Å². The molecule has 0 aromatic carbocycles. The van der Waals surface area contributed by atoms with E-state index < -0.39 is 0 Å². The van der Waals surface area contributed by atoms with Gasteiger partial charge in [0.05, 0.1) is 0 Å². The first kappa shape index (κ1) is 12.7. The van der Waals surface area contributed by atoms with Gasteiger partial charge >= 0.3 is 0 Å². The molecule has 5 nitrogen and oxygen atoms in total. The minimum atomic E-state index is 0.176. The number of nitrogens with two attached hydrogens (primary N) is 1. The second-order valence-corrected chi connectivity index (χ2v) is 5.40. The molecule has 1 saturated heterocycles. The molecule has 0 saturated carbocycles. The quantitative estimate of drug-likeness (QED) is 0.869. The van der Waals surface area contributed by atoms with Crippen LogP contribution in [0.2, 0.25) is 0 Å². The molecule has 2 heterocycles. The number of anilines is 2. The monoisotopic (exact) mass is 247 g/mol. The molecule has 1 fully saturated rings. The van der Waals surface area contributed by atoms with Crippen LogP contribution in [0.3, 0.4) is 0 Å². The molecule has 98 valence electrons. The largest absolute Gasteiger partial charge is 0.383 e. The Morgan fingerprint density at radius 1 is 1.39 bits per heavy atom. The van der Waals surface area contributed by atoms with Crippen molar-refractivity contribution in [1.82, 2.24) is 9.78 Å². The van der Waals surface area contributed by atoms with Crippen molar-refractivity contribution in [3.8, 4) is 6.07 Å². The van der Waals surface area contributed by atoms with Crippen LogP contribution in [0, 0.1) is 17.2 Å². The Hall–Kier alpha value is -1.70.